The zero-order valence-electron chi connectivity index (χ0n) is 15.3. The third-order valence-corrected chi connectivity index (χ3v) is 5.25. The Morgan fingerprint density at radius 3 is 2.46 bits per heavy atom. The van der Waals surface area contributed by atoms with Crippen LogP contribution < -0.4 is 15.5 Å². The molecule has 0 atom stereocenters. The predicted molar refractivity (Wildman–Crippen MR) is 122 cm³/mol. The van der Waals surface area contributed by atoms with Gasteiger partial charge >= 0.3 is 0 Å². The molecule has 8 heteroatoms. The summed E-state index contributed by atoms with van der Waals surface area (Å²) in [5.74, 6) is 0.656. The lowest BCUT2D eigenvalue weighted by Gasteiger charge is -2.35. The summed E-state index contributed by atoms with van der Waals surface area (Å²) in [6, 6.07) is 8.60. The van der Waals surface area contributed by atoms with Crippen molar-refractivity contribution in [2.75, 3.05) is 56.6 Å². The number of nitrogens with two attached hydrogens (primary N) is 1. The Hall–Kier alpha value is -1.55. The number of anilines is 2. The molecule has 1 saturated heterocycles. The monoisotopic (exact) mass is 486 g/mol. The molecule has 1 aromatic carbocycles. The van der Waals surface area contributed by atoms with Crippen molar-refractivity contribution in [3.63, 3.8) is 0 Å². The Labute approximate surface area is 176 Å². The first-order valence-corrected chi connectivity index (χ1v) is 9.47. The molecule has 2 aromatic rings. The van der Waals surface area contributed by atoms with Crippen LogP contribution in [0.5, 0.6) is 0 Å². The summed E-state index contributed by atoms with van der Waals surface area (Å²) in [6.45, 7) is 4.39. The van der Waals surface area contributed by atoms with Gasteiger partial charge in [0.25, 0.3) is 0 Å². The molecule has 1 aliphatic heterocycles. The van der Waals surface area contributed by atoms with E-state index in [2.05, 4.69) is 48.9 Å². The average molecular weight is 486 g/mol. The highest BCUT2D eigenvalue weighted by Crippen LogP contribution is 2.18. The Balaban J connectivity index is 0.00000243. The highest BCUT2D eigenvalue weighted by molar-refractivity contribution is 14.0. The van der Waals surface area contributed by atoms with E-state index < -0.39 is 0 Å². The number of piperazine rings is 1. The second-order valence-corrected chi connectivity index (χ2v) is 7.21. The normalized spacial score (nSPS) is 14.9. The highest BCUT2D eigenvalue weighted by atomic mass is 127. The van der Waals surface area contributed by atoms with Gasteiger partial charge in [0, 0.05) is 64.1 Å². The van der Waals surface area contributed by atoms with Gasteiger partial charge in [-0.1, -0.05) is 12.1 Å². The molecule has 0 amide bonds. The van der Waals surface area contributed by atoms with Crippen molar-refractivity contribution in [3.8, 4) is 0 Å². The minimum atomic E-state index is 0. The first-order chi connectivity index (χ1) is 12.1. The van der Waals surface area contributed by atoms with Crippen molar-refractivity contribution in [1.29, 1.82) is 0 Å². The van der Waals surface area contributed by atoms with Crippen molar-refractivity contribution >= 4 is 52.1 Å². The van der Waals surface area contributed by atoms with E-state index in [0.29, 0.717) is 5.96 Å². The van der Waals surface area contributed by atoms with Crippen molar-refractivity contribution in [3.05, 3.63) is 41.4 Å². The lowest BCUT2D eigenvalue weighted by atomic mass is 10.1. The number of benzene rings is 1. The molecule has 1 aromatic heterocycles. The van der Waals surface area contributed by atoms with E-state index >= 15 is 0 Å². The Morgan fingerprint density at radius 2 is 1.88 bits per heavy atom. The lowest BCUT2D eigenvalue weighted by molar-refractivity contribution is 0.380. The molecule has 0 bridgehead atoms. The minimum absolute atomic E-state index is 0. The molecule has 3 rings (SSSR count). The topological polar surface area (TPSA) is 61.0 Å². The first-order valence-electron chi connectivity index (χ1n) is 8.59. The standard InChI is InChI=1S/C18H26N6S.HI/c1-22(2)16-5-3-15(4-6-16)7-8-20-17(19)23-10-12-24(13-11-23)18-21-9-14-25-18;/h3-6,9,14H,7-8,10-13H2,1-2H3,(H2,19,20);1H. The van der Waals surface area contributed by atoms with Crippen LogP contribution in [-0.4, -0.2) is 62.7 Å². The van der Waals surface area contributed by atoms with Gasteiger partial charge in [-0.2, -0.15) is 0 Å². The van der Waals surface area contributed by atoms with Gasteiger partial charge in [-0.3, -0.25) is 4.99 Å². The molecule has 142 valence electrons. The van der Waals surface area contributed by atoms with Crippen molar-refractivity contribution in [2.45, 2.75) is 6.42 Å². The Bertz CT molecular complexity index is 678. The number of rotatable bonds is 5. The molecule has 6 nitrogen and oxygen atoms in total. The largest absolute Gasteiger partial charge is 0.378 e. The number of aliphatic imine (C=N–C) groups is 1. The summed E-state index contributed by atoms with van der Waals surface area (Å²) in [4.78, 5) is 15.5. The van der Waals surface area contributed by atoms with E-state index in [9.17, 15) is 0 Å². The molecule has 26 heavy (non-hydrogen) atoms. The van der Waals surface area contributed by atoms with Crippen LogP contribution in [0.25, 0.3) is 0 Å². The molecule has 0 radical (unpaired) electrons. The van der Waals surface area contributed by atoms with Gasteiger partial charge in [0.05, 0.1) is 0 Å². The van der Waals surface area contributed by atoms with Crippen LogP contribution >= 0.6 is 35.3 Å². The predicted octanol–water partition coefficient (Wildman–Crippen LogP) is 2.51. The highest BCUT2D eigenvalue weighted by Gasteiger charge is 2.19. The van der Waals surface area contributed by atoms with E-state index in [-0.39, 0.29) is 24.0 Å². The molecule has 2 heterocycles. The maximum atomic E-state index is 6.18. The van der Waals surface area contributed by atoms with Gasteiger partial charge < -0.3 is 20.4 Å². The average Bonchev–Trinajstić information content (AvgIpc) is 3.17. The second-order valence-electron chi connectivity index (χ2n) is 6.34. The van der Waals surface area contributed by atoms with Gasteiger partial charge in [0.2, 0.25) is 0 Å². The van der Waals surface area contributed by atoms with Crippen LogP contribution in [0, 0.1) is 0 Å². The summed E-state index contributed by atoms with van der Waals surface area (Å²) in [5, 5.41) is 3.11. The quantitative estimate of drug-likeness (QED) is 0.400. The molecular weight excluding hydrogens is 459 g/mol. The van der Waals surface area contributed by atoms with Crippen molar-refractivity contribution in [1.82, 2.24) is 9.88 Å². The summed E-state index contributed by atoms with van der Waals surface area (Å²) in [6.07, 6.45) is 2.76. The van der Waals surface area contributed by atoms with Gasteiger partial charge in [-0.05, 0) is 24.1 Å². The summed E-state index contributed by atoms with van der Waals surface area (Å²) >= 11 is 1.69. The van der Waals surface area contributed by atoms with Crippen LogP contribution in [0.2, 0.25) is 0 Å². The van der Waals surface area contributed by atoms with Crippen molar-refractivity contribution < 1.29 is 0 Å². The van der Waals surface area contributed by atoms with E-state index in [1.165, 1.54) is 11.3 Å². The first kappa shape index (κ1) is 20.8. The summed E-state index contributed by atoms with van der Waals surface area (Å²) < 4.78 is 0. The molecule has 0 spiro atoms. The fourth-order valence-electron chi connectivity index (χ4n) is 2.86. The van der Waals surface area contributed by atoms with Gasteiger partial charge in [-0.15, -0.1) is 35.3 Å². The molecule has 0 saturated carbocycles. The molecular formula is C18H27IN6S. The van der Waals surface area contributed by atoms with Gasteiger partial charge in [-0.25, -0.2) is 4.98 Å². The third kappa shape index (κ3) is 5.47. The number of halogens is 1. The Kier molecular flexibility index (Phi) is 7.95. The number of aromatic nitrogens is 1. The minimum Gasteiger partial charge on any atom is -0.378 e. The number of hydrogen-bond donors (Lipinski definition) is 1. The van der Waals surface area contributed by atoms with Crippen LogP contribution in [0.15, 0.2) is 40.8 Å². The number of guanidine groups is 1. The van der Waals surface area contributed by atoms with E-state index in [1.807, 2.05) is 25.7 Å². The number of hydrogen-bond acceptors (Lipinski definition) is 5. The molecule has 0 unspecified atom stereocenters. The summed E-state index contributed by atoms with van der Waals surface area (Å²) in [5.41, 5.74) is 8.68. The van der Waals surface area contributed by atoms with Crippen LogP contribution in [-0.2, 0) is 6.42 Å². The molecule has 1 aliphatic rings. The maximum Gasteiger partial charge on any atom is 0.191 e. The SMILES string of the molecule is CN(C)c1ccc(CCN=C(N)N2CCN(c3nccs3)CC2)cc1.I. The second kappa shape index (κ2) is 9.96. The molecule has 0 aliphatic carbocycles. The Morgan fingerprint density at radius 1 is 1.19 bits per heavy atom. The van der Waals surface area contributed by atoms with Crippen LogP contribution in [0.4, 0.5) is 10.8 Å². The molecule has 2 N–H and O–H groups in total. The van der Waals surface area contributed by atoms with Gasteiger partial charge in [0.15, 0.2) is 11.1 Å². The fourth-order valence-corrected chi connectivity index (χ4v) is 3.56. The lowest BCUT2D eigenvalue weighted by Crippen LogP contribution is -2.51. The summed E-state index contributed by atoms with van der Waals surface area (Å²) in [7, 11) is 4.10. The maximum absolute atomic E-state index is 6.18. The van der Waals surface area contributed by atoms with E-state index in [0.717, 1.165) is 44.3 Å². The van der Waals surface area contributed by atoms with E-state index in [4.69, 9.17) is 5.73 Å². The fraction of sp³-hybridized carbons (Fsp3) is 0.444. The zero-order valence-corrected chi connectivity index (χ0v) is 18.5. The van der Waals surface area contributed by atoms with Crippen LogP contribution in [0.3, 0.4) is 0 Å². The molecule has 1 fully saturated rings. The zero-order chi connectivity index (χ0) is 17.6. The van der Waals surface area contributed by atoms with Crippen LogP contribution in [0.1, 0.15) is 5.56 Å². The van der Waals surface area contributed by atoms with Gasteiger partial charge in [0.1, 0.15) is 0 Å². The number of thiazole rings is 1. The van der Waals surface area contributed by atoms with Crippen molar-refractivity contribution in [2.24, 2.45) is 10.7 Å². The third-order valence-electron chi connectivity index (χ3n) is 4.42. The smallest absolute Gasteiger partial charge is 0.191 e. The van der Waals surface area contributed by atoms with E-state index in [1.54, 1.807) is 11.3 Å². The number of nitrogens with zero attached hydrogens (tertiary/aromatic N) is 5.